The monoisotopic (exact) mass is 236 g/mol. The molecule has 0 spiro atoms. The summed E-state index contributed by atoms with van der Waals surface area (Å²) in [5.74, 6) is 7.94. The molecule has 1 saturated heterocycles. The van der Waals surface area contributed by atoms with Crippen molar-refractivity contribution in [2.45, 2.75) is 58.7 Å². The second-order valence-electron chi connectivity index (χ2n) is 6.69. The van der Waals surface area contributed by atoms with Crippen molar-refractivity contribution >= 4 is 5.71 Å². The van der Waals surface area contributed by atoms with Crippen LogP contribution in [0.3, 0.4) is 0 Å². The molecule has 0 aromatic rings. The first kappa shape index (κ1) is 11.5. The van der Waals surface area contributed by atoms with Crippen LogP contribution in [0.15, 0.2) is 5.10 Å². The maximum absolute atomic E-state index is 6.04. The van der Waals surface area contributed by atoms with Gasteiger partial charge in [-0.25, -0.2) is 0 Å². The Morgan fingerprint density at radius 1 is 1.41 bits per heavy atom. The Morgan fingerprint density at radius 2 is 2.12 bits per heavy atom. The second kappa shape index (κ2) is 3.25. The molecular formula is C14H24N2O. The van der Waals surface area contributed by atoms with Crippen molar-refractivity contribution in [3.8, 4) is 0 Å². The van der Waals surface area contributed by atoms with Gasteiger partial charge in [0, 0.05) is 5.41 Å². The zero-order valence-corrected chi connectivity index (χ0v) is 11.4. The summed E-state index contributed by atoms with van der Waals surface area (Å²) >= 11 is 0. The van der Waals surface area contributed by atoms with Gasteiger partial charge < -0.3 is 10.6 Å². The molecular weight excluding hydrogens is 212 g/mol. The third-order valence-electron chi connectivity index (χ3n) is 6.24. The zero-order valence-electron chi connectivity index (χ0n) is 11.4. The Labute approximate surface area is 104 Å². The van der Waals surface area contributed by atoms with Crippen LogP contribution in [0.1, 0.15) is 47.0 Å². The summed E-state index contributed by atoms with van der Waals surface area (Å²) in [6.45, 7) is 9.25. The molecule has 3 aliphatic rings. The van der Waals surface area contributed by atoms with Gasteiger partial charge >= 0.3 is 0 Å². The Bertz CT molecular complexity index is 380. The van der Waals surface area contributed by atoms with E-state index in [0.29, 0.717) is 6.10 Å². The Hall–Kier alpha value is -0.570. The minimum absolute atomic E-state index is 0.110. The lowest BCUT2D eigenvalue weighted by Crippen LogP contribution is -2.48. The highest BCUT2D eigenvalue weighted by atomic mass is 16.6. The van der Waals surface area contributed by atoms with E-state index < -0.39 is 0 Å². The fourth-order valence-corrected chi connectivity index (χ4v) is 4.85. The van der Waals surface area contributed by atoms with Gasteiger partial charge in [0.2, 0.25) is 0 Å². The smallest absolute Gasteiger partial charge is 0.140 e. The molecule has 5 unspecified atom stereocenters. The van der Waals surface area contributed by atoms with E-state index in [2.05, 4.69) is 25.9 Å². The number of ether oxygens (including phenoxy) is 1. The van der Waals surface area contributed by atoms with Crippen molar-refractivity contribution < 1.29 is 4.74 Å². The van der Waals surface area contributed by atoms with Crippen LogP contribution in [0.4, 0.5) is 0 Å². The lowest BCUT2D eigenvalue weighted by atomic mass is 9.57. The largest absolute Gasteiger partial charge is 0.359 e. The number of epoxide rings is 1. The van der Waals surface area contributed by atoms with Gasteiger partial charge in [-0.15, -0.1) is 0 Å². The van der Waals surface area contributed by atoms with E-state index in [0.717, 1.165) is 23.5 Å². The van der Waals surface area contributed by atoms with Gasteiger partial charge in [0.1, 0.15) is 5.60 Å². The van der Waals surface area contributed by atoms with Gasteiger partial charge in [0.15, 0.2) is 0 Å². The van der Waals surface area contributed by atoms with E-state index in [9.17, 15) is 0 Å². The molecule has 2 aliphatic carbocycles. The standard InChI is InChI=1S/C14H24N2O/c1-8-5-6-13(4)11(9(8)2)7-12-14(13,17-12)10(3)16-15/h8-9,11-12H,5-7,15H2,1-4H3/t8?,9?,11?,12-,13?,14?/m0/s1. The number of hydrazone groups is 1. The van der Waals surface area contributed by atoms with Gasteiger partial charge in [-0.2, -0.15) is 5.10 Å². The summed E-state index contributed by atoms with van der Waals surface area (Å²) in [4.78, 5) is 0. The third-order valence-corrected chi connectivity index (χ3v) is 6.24. The Kier molecular flexibility index (Phi) is 2.20. The summed E-state index contributed by atoms with van der Waals surface area (Å²) in [7, 11) is 0. The van der Waals surface area contributed by atoms with Crippen LogP contribution in [-0.4, -0.2) is 17.4 Å². The van der Waals surface area contributed by atoms with Crippen LogP contribution >= 0.6 is 0 Å². The highest BCUT2D eigenvalue weighted by Gasteiger charge is 2.77. The number of fused-ring (bicyclic) bond motifs is 3. The first-order valence-corrected chi connectivity index (χ1v) is 6.90. The SMILES string of the molecule is CC(=NN)C12O[C@H]1CC1C(C)C(C)CCC12C. The Balaban J connectivity index is 1.99. The number of nitrogens with two attached hydrogens (primary N) is 1. The molecule has 0 radical (unpaired) electrons. The number of hydrogen-bond acceptors (Lipinski definition) is 3. The average Bonchev–Trinajstić information content (AvgIpc) is 2.99. The molecule has 3 heteroatoms. The maximum atomic E-state index is 6.04. The van der Waals surface area contributed by atoms with Crippen LogP contribution in [0.25, 0.3) is 0 Å². The lowest BCUT2D eigenvalue weighted by Gasteiger charge is -2.48. The maximum Gasteiger partial charge on any atom is 0.140 e. The molecule has 0 aromatic heterocycles. The van der Waals surface area contributed by atoms with Crippen molar-refractivity contribution in [1.29, 1.82) is 0 Å². The lowest BCUT2D eigenvalue weighted by molar-refractivity contribution is -0.0136. The first-order valence-electron chi connectivity index (χ1n) is 6.90. The third kappa shape index (κ3) is 1.14. The molecule has 2 saturated carbocycles. The molecule has 0 aromatic carbocycles. The molecule has 1 heterocycles. The summed E-state index contributed by atoms with van der Waals surface area (Å²) < 4.78 is 6.04. The highest BCUT2D eigenvalue weighted by Crippen LogP contribution is 2.70. The second-order valence-corrected chi connectivity index (χ2v) is 6.69. The Morgan fingerprint density at radius 3 is 2.76 bits per heavy atom. The molecule has 96 valence electrons. The molecule has 6 atom stereocenters. The van der Waals surface area contributed by atoms with E-state index in [1.807, 2.05) is 6.92 Å². The fourth-order valence-electron chi connectivity index (χ4n) is 4.85. The van der Waals surface area contributed by atoms with Crippen molar-refractivity contribution in [2.24, 2.45) is 34.1 Å². The van der Waals surface area contributed by atoms with Crippen LogP contribution in [-0.2, 0) is 4.74 Å². The highest BCUT2D eigenvalue weighted by molar-refractivity contribution is 5.95. The molecule has 1 aliphatic heterocycles. The minimum Gasteiger partial charge on any atom is -0.359 e. The molecule has 3 nitrogen and oxygen atoms in total. The normalized spacial score (nSPS) is 57.5. The number of hydrogen-bond donors (Lipinski definition) is 1. The summed E-state index contributed by atoms with van der Waals surface area (Å²) in [5, 5.41) is 3.96. The van der Waals surface area contributed by atoms with Gasteiger partial charge in [-0.1, -0.05) is 20.8 Å². The summed E-state index contributed by atoms with van der Waals surface area (Å²) in [5.41, 5.74) is 1.16. The summed E-state index contributed by atoms with van der Waals surface area (Å²) in [6, 6.07) is 0. The zero-order chi connectivity index (χ0) is 12.4. The van der Waals surface area contributed by atoms with Crippen molar-refractivity contribution in [1.82, 2.24) is 0 Å². The van der Waals surface area contributed by atoms with Gasteiger partial charge in [0.25, 0.3) is 0 Å². The van der Waals surface area contributed by atoms with E-state index in [4.69, 9.17) is 10.6 Å². The van der Waals surface area contributed by atoms with E-state index >= 15 is 0 Å². The summed E-state index contributed by atoms with van der Waals surface area (Å²) in [6.07, 6.45) is 4.16. The van der Waals surface area contributed by atoms with E-state index in [1.165, 1.54) is 19.3 Å². The quantitative estimate of drug-likeness (QED) is 0.329. The van der Waals surface area contributed by atoms with Crippen LogP contribution in [0.5, 0.6) is 0 Å². The molecule has 3 fully saturated rings. The topological polar surface area (TPSA) is 50.9 Å². The molecule has 2 N–H and O–H groups in total. The van der Waals surface area contributed by atoms with Gasteiger partial charge in [0.05, 0.1) is 11.8 Å². The van der Waals surface area contributed by atoms with E-state index in [-0.39, 0.29) is 11.0 Å². The fraction of sp³-hybridized carbons (Fsp3) is 0.929. The van der Waals surface area contributed by atoms with Gasteiger partial charge in [-0.05, 0) is 43.9 Å². The van der Waals surface area contributed by atoms with Crippen molar-refractivity contribution in [3.63, 3.8) is 0 Å². The van der Waals surface area contributed by atoms with Crippen molar-refractivity contribution in [3.05, 3.63) is 0 Å². The molecule has 3 rings (SSSR count). The molecule has 0 amide bonds. The van der Waals surface area contributed by atoms with Crippen LogP contribution < -0.4 is 5.84 Å². The predicted molar refractivity (Wildman–Crippen MR) is 68.7 cm³/mol. The number of rotatable bonds is 1. The minimum atomic E-state index is -0.110. The number of nitrogens with zero attached hydrogens (tertiary/aromatic N) is 1. The molecule has 0 bridgehead atoms. The predicted octanol–water partition coefficient (Wildman–Crippen LogP) is 2.55. The first-order chi connectivity index (χ1) is 7.97. The molecule has 17 heavy (non-hydrogen) atoms. The van der Waals surface area contributed by atoms with Crippen molar-refractivity contribution in [2.75, 3.05) is 0 Å². The van der Waals surface area contributed by atoms with Gasteiger partial charge in [-0.3, -0.25) is 0 Å². The van der Waals surface area contributed by atoms with E-state index in [1.54, 1.807) is 0 Å². The average molecular weight is 236 g/mol. The van der Waals surface area contributed by atoms with Crippen LogP contribution in [0.2, 0.25) is 0 Å². The van der Waals surface area contributed by atoms with Crippen LogP contribution in [0, 0.1) is 23.2 Å².